The van der Waals surface area contributed by atoms with Crippen LogP contribution in [0.3, 0.4) is 0 Å². The number of likely N-dealkylation sites (N-methyl/N-ethyl adjacent to an activating group) is 1. The van der Waals surface area contributed by atoms with E-state index in [9.17, 15) is 8.78 Å². The van der Waals surface area contributed by atoms with Gasteiger partial charge >= 0.3 is 0 Å². The van der Waals surface area contributed by atoms with Gasteiger partial charge in [0, 0.05) is 18.8 Å². The smallest absolute Gasteiger partial charge is 0.149 e. The summed E-state index contributed by atoms with van der Waals surface area (Å²) in [6.07, 6.45) is 3.75. The Labute approximate surface area is 87.4 Å². The maximum Gasteiger partial charge on any atom is 0.149 e. The van der Waals surface area contributed by atoms with E-state index in [-0.39, 0.29) is 0 Å². The Hall–Kier alpha value is -1.42. The first kappa shape index (κ1) is 10.1. The van der Waals surface area contributed by atoms with Crippen molar-refractivity contribution in [3.8, 4) is 0 Å². The molecule has 0 spiro atoms. The van der Waals surface area contributed by atoms with Crippen molar-refractivity contribution in [3.05, 3.63) is 42.1 Å². The van der Waals surface area contributed by atoms with Crippen molar-refractivity contribution in [2.45, 2.75) is 0 Å². The predicted molar refractivity (Wildman–Crippen MR) is 55.5 cm³/mol. The first-order valence-corrected chi connectivity index (χ1v) is 4.74. The zero-order valence-corrected chi connectivity index (χ0v) is 8.45. The van der Waals surface area contributed by atoms with Gasteiger partial charge in [0.15, 0.2) is 0 Å². The third-order valence-corrected chi connectivity index (χ3v) is 2.32. The molecule has 1 aromatic carbocycles. The van der Waals surface area contributed by atoms with E-state index < -0.39 is 11.6 Å². The number of hydrogen-bond donors (Lipinski definition) is 0. The van der Waals surface area contributed by atoms with Crippen molar-refractivity contribution < 1.29 is 8.78 Å². The average Bonchev–Trinajstić information content (AvgIpc) is 2.17. The van der Waals surface area contributed by atoms with Crippen LogP contribution in [-0.2, 0) is 0 Å². The number of benzene rings is 1. The Bertz CT molecular complexity index is 390. The van der Waals surface area contributed by atoms with Gasteiger partial charge in [-0.1, -0.05) is 6.08 Å². The van der Waals surface area contributed by atoms with Crippen LogP contribution in [0.25, 0.3) is 0 Å². The highest BCUT2D eigenvalue weighted by molar-refractivity contribution is 5.50. The highest BCUT2D eigenvalue weighted by Gasteiger charge is 2.14. The molecular weight excluding hydrogens is 198 g/mol. The maximum atomic E-state index is 13.4. The Morgan fingerprint density at radius 3 is 2.73 bits per heavy atom. The number of halogens is 2. The van der Waals surface area contributed by atoms with E-state index in [1.54, 1.807) is 4.90 Å². The van der Waals surface area contributed by atoms with Gasteiger partial charge in [0.2, 0.25) is 0 Å². The van der Waals surface area contributed by atoms with Crippen molar-refractivity contribution in [2.75, 3.05) is 25.2 Å². The molecule has 15 heavy (non-hydrogen) atoms. The third-order valence-electron chi connectivity index (χ3n) is 2.32. The summed E-state index contributed by atoms with van der Waals surface area (Å²) in [4.78, 5) is 3.78. The molecule has 0 saturated carbocycles. The minimum atomic E-state index is -0.550. The summed E-state index contributed by atoms with van der Waals surface area (Å²) in [6.45, 7) is 1.46. The lowest BCUT2D eigenvalue weighted by Gasteiger charge is -2.30. The molecule has 0 amide bonds. The highest BCUT2D eigenvalue weighted by atomic mass is 19.1. The van der Waals surface area contributed by atoms with Crippen LogP contribution in [0.15, 0.2) is 30.5 Å². The van der Waals surface area contributed by atoms with E-state index in [2.05, 4.69) is 0 Å². The zero-order chi connectivity index (χ0) is 10.8. The molecule has 0 atom stereocenters. The molecule has 0 radical (unpaired) electrons. The van der Waals surface area contributed by atoms with Crippen LogP contribution < -0.4 is 4.90 Å². The van der Waals surface area contributed by atoms with Gasteiger partial charge in [-0.2, -0.15) is 0 Å². The molecular formula is C11H12F2N2. The van der Waals surface area contributed by atoms with Crippen LogP contribution in [0.4, 0.5) is 14.5 Å². The van der Waals surface area contributed by atoms with Gasteiger partial charge in [0.05, 0.1) is 12.4 Å². The quantitative estimate of drug-likeness (QED) is 0.701. The summed E-state index contributed by atoms with van der Waals surface area (Å²) < 4.78 is 26.1. The van der Waals surface area contributed by atoms with Crippen LogP contribution in [0.5, 0.6) is 0 Å². The minimum absolute atomic E-state index is 0.402. The zero-order valence-electron chi connectivity index (χ0n) is 8.45. The van der Waals surface area contributed by atoms with Crippen molar-refractivity contribution in [1.82, 2.24) is 4.90 Å². The summed E-state index contributed by atoms with van der Waals surface area (Å²) in [7, 11) is 1.94. The standard InChI is InChI=1S/C11H12F2N2/c1-14-5-2-6-15(8-14)11-4-3-9(12)7-10(11)13/h2-4,6-7H,5,8H2,1H3. The largest absolute Gasteiger partial charge is 0.332 e. The van der Waals surface area contributed by atoms with Gasteiger partial charge in [-0.3, -0.25) is 4.90 Å². The first-order chi connectivity index (χ1) is 7.16. The lowest BCUT2D eigenvalue weighted by Crippen LogP contribution is -2.36. The van der Waals surface area contributed by atoms with Gasteiger partial charge in [-0.15, -0.1) is 0 Å². The molecule has 2 rings (SSSR count). The molecule has 0 N–H and O–H groups in total. The Morgan fingerprint density at radius 1 is 1.27 bits per heavy atom. The second-order valence-corrected chi connectivity index (χ2v) is 3.63. The Balaban J connectivity index is 2.29. The van der Waals surface area contributed by atoms with E-state index in [0.29, 0.717) is 12.4 Å². The molecule has 80 valence electrons. The van der Waals surface area contributed by atoms with Gasteiger partial charge in [0.25, 0.3) is 0 Å². The molecule has 1 heterocycles. The van der Waals surface area contributed by atoms with Crippen LogP contribution in [0, 0.1) is 11.6 Å². The lowest BCUT2D eigenvalue weighted by molar-refractivity contribution is 0.364. The fourth-order valence-corrected chi connectivity index (χ4v) is 1.59. The Kier molecular flexibility index (Phi) is 2.68. The first-order valence-electron chi connectivity index (χ1n) is 4.74. The van der Waals surface area contributed by atoms with Crippen LogP contribution in [-0.4, -0.2) is 25.2 Å². The summed E-state index contributed by atoms with van der Waals surface area (Å²) in [5.74, 6) is -1.08. The molecule has 0 unspecified atom stereocenters. The topological polar surface area (TPSA) is 6.48 Å². The van der Waals surface area contributed by atoms with E-state index >= 15 is 0 Å². The molecule has 0 saturated heterocycles. The van der Waals surface area contributed by atoms with E-state index in [4.69, 9.17) is 0 Å². The second-order valence-electron chi connectivity index (χ2n) is 3.63. The van der Waals surface area contributed by atoms with Crippen LogP contribution >= 0.6 is 0 Å². The monoisotopic (exact) mass is 210 g/mol. The summed E-state index contributed by atoms with van der Waals surface area (Å²) in [5.41, 5.74) is 0.402. The summed E-state index contributed by atoms with van der Waals surface area (Å²) in [6, 6.07) is 3.62. The van der Waals surface area contributed by atoms with Crippen molar-refractivity contribution in [3.63, 3.8) is 0 Å². The lowest BCUT2D eigenvalue weighted by atomic mass is 10.2. The van der Waals surface area contributed by atoms with Crippen molar-refractivity contribution >= 4 is 5.69 Å². The Morgan fingerprint density at radius 2 is 2.07 bits per heavy atom. The van der Waals surface area contributed by atoms with Crippen LogP contribution in [0.2, 0.25) is 0 Å². The maximum absolute atomic E-state index is 13.4. The third kappa shape index (κ3) is 2.15. The van der Waals surface area contributed by atoms with Crippen molar-refractivity contribution in [2.24, 2.45) is 0 Å². The normalized spacial score (nSPS) is 17.1. The number of rotatable bonds is 1. The summed E-state index contributed by atoms with van der Waals surface area (Å²) >= 11 is 0. The fourth-order valence-electron chi connectivity index (χ4n) is 1.59. The molecule has 0 aromatic heterocycles. The molecule has 0 fully saturated rings. The number of nitrogens with zero attached hydrogens (tertiary/aromatic N) is 2. The SMILES string of the molecule is CN1CC=CN(c2ccc(F)cc2F)C1. The predicted octanol–water partition coefficient (Wildman–Crippen LogP) is 2.19. The average molecular weight is 210 g/mol. The molecule has 1 aliphatic heterocycles. The fraction of sp³-hybridized carbons (Fsp3) is 0.273. The minimum Gasteiger partial charge on any atom is -0.332 e. The van der Waals surface area contributed by atoms with Crippen LogP contribution in [0.1, 0.15) is 0 Å². The van der Waals surface area contributed by atoms with E-state index in [1.165, 1.54) is 12.1 Å². The molecule has 4 heteroatoms. The second kappa shape index (κ2) is 3.98. The van der Waals surface area contributed by atoms with Crippen molar-refractivity contribution in [1.29, 1.82) is 0 Å². The molecule has 0 aliphatic carbocycles. The number of hydrogen-bond acceptors (Lipinski definition) is 2. The van der Waals surface area contributed by atoms with Gasteiger partial charge < -0.3 is 4.90 Å². The number of anilines is 1. The van der Waals surface area contributed by atoms with E-state index in [1.807, 2.05) is 24.2 Å². The molecule has 1 aromatic rings. The molecule has 0 bridgehead atoms. The van der Waals surface area contributed by atoms with Gasteiger partial charge in [0.1, 0.15) is 11.6 Å². The molecule has 2 nitrogen and oxygen atoms in total. The van der Waals surface area contributed by atoms with Gasteiger partial charge in [-0.25, -0.2) is 8.78 Å². The highest BCUT2D eigenvalue weighted by Crippen LogP contribution is 2.21. The van der Waals surface area contributed by atoms with Gasteiger partial charge in [-0.05, 0) is 19.2 Å². The molecule has 1 aliphatic rings. The van der Waals surface area contributed by atoms with E-state index in [0.717, 1.165) is 12.6 Å². The summed E-state index contributed by atoms with van der Waals surface area (Å²) in [5, 5.41) is 0.